The summed E-state index contributed by atoms with van der Waals surface area (Å²) < 4.78 is 28.4. The molecule has 0 bridgehead atoms. The minimum Gasteiger partial charge on any atom is -0.301 e. The SMILES string of the molecule is CCCC1CCN(C2CCN(C(C)C)CC2)CC1(F)F. The molecular weight excluding hydrogens is 258 g/mol. The first-order chi connectivity index (χ1) is 9.44. The van der Waals surface area contributed by atoms with Gasteiger partial charge in [-0.3, -0.25) is 4.90 Å². The van der Waals surface area contributed by atoms with Crippen molar-refractivity contribution in [3.8, 4) is 0 Å². The summed E-state index contributed by atoms with van der Waals surface area (Å²) in [6, 6.07) is 0.950. The average molecular weight is 288 g/mol. The molecule has 0 spiro atoms. The Bertz CT molecular complexity index is 299. The molecule has 0 aliphatic carbocycles. The van der Waals surface area contributed by atoms with Gasteiger partial charge in [0.25, 0.3) is 5.92 Å². The maximum Gasteiger partial charge on any atom is 0.263 e. The van der Waals surface area contributed by atoms with Gasteiger partial charge in [0.05, 0.1) is 6.54 Å². The van der Waals surface area contributed by atoms with Crippen LogP contribution < -0.4 is 0 Å². The summed E-state index contributed by atoms with van der Waals surface area (Å²) in [6.07, 6.45) is 4.31. The number of halogens is 2. The van der Waals surface area contributed by atoms with E-state index in [4.69, 9.17) is 0 Å². The summed E-state index contributed by atoms with van der Waals surface area (Å²) in [7, 11) is 0. The second kappa shape index (κ2) is 6.69. The van der Waals surface area contributed by atoms with Gasteiger partial charge in [-0.1, -0.05) is 13.3 Å². The molecule has 1 atom stereocenters. The van der Waals surface area contributed by atoms with E-state index in [0.717, 1.165) is 38.9 Å². The van der Waals surface area contributed by atoms with Crippen molar-refractivity contribution in [1.29, 1.82) is 0 Å². The van der Waals surface area contributed by atoms with Crippen LogP contribution in [0.3, 0.4) is 0 Å². The fourth-order valence-corrected chi connectivity index (χ4v) is 3.79. The number of hydrogen-bond acceptors (Lipinski definition) is 2. The minimum absolute atomic E-state index is 0.00991. The van der Waals surface area contributed by atoms with Crippen molar-refractivity contribution in [3.63, 3.8) is 0 Å². The fourth-order valence-electron chi connectivity index (χ4n) is 3.79. The molecule has 4 heteroatoms. The Morgan fingerprint density at radius 1 is 1.10 bits per heavy atom. The monoisotopic (exact) mass is 288 g/mol. The normalized spacial score (nSPS) is 30.0. The van der Waals surface area contributed by atoms with Crippen LogP contribution in [0.4, 0.5) is 8.78 Å². The van der Waals surface area contributed by atoms with E-state index in [-0.39, 0.29) is 12.5 Å². The molecule has 0 aromatic carbocycles. The van der Waals surface area contributed by atoms with Crippen molar-refractivity contribution in [1.82, 2.24) is 9.80 Å². The molecular formula is C16H30F2N2. The summed E-state index contributed by atoms with van der Waals surface area (Å²) in [5, 5.41) is 0. The van der Waals surface area contributed by atoms with Crippen LogP contribution >= 0.6 is 0 Å². The average Bonchev–Trinajstić information content (AvgIpc) is 2.41. The second-order valence-corrected chi connectivity index (χ2v) is 6.87. The Hall–Kier alpha value is -0.220. The second-order valence-electron chi connectivity index (χ2n) is 6.87. The number of nitrogens with zero attached hydrogens (tertiary/aromatic N) is 2. The molecule has 0 aromatic rings. The van der Waals surface area contributed by atoms with Crippen molar-refractivity contribution in [2.45, 2.75) is 70.9 Å². The third-order valence-corrected chi connectivity index (χ3v) is 5.16. The van der Waals surface area contributed by atoms with Crippen molar-refractivity contribution in [2.24, 2.45) is 5.92 Å². The Kier molecular flexibility index (Phi) is 5.41. The molecule has 2 heterocycles. The third-order valence-electron chi connectivity index (χ3n) is 5.16. The summed E-state index contributed by atoms with van der Waals surface area (Å²) >= 11 is 0. The van der Waals surface area contributed by atoms with Crippen LogP contribution in [-0.2, 0) is 0 Å². The first-order valence-corrected chi connectivity index (χ1v) is 8.30. The van der Waals surface area contributed by atoms with E-state index in [1.54, 1.807) is 0 Å². The summed E-state index contributed by atoms with van der Waals surface area (Å²) in [6.45, 7) is 9.40. The van der Waals surface area contributed by atoms with E-state index in [1.807, 2.05) is 6.92 Å². The Morgan fingerprint density at radius 3 is 2.25 bits per heavy atom. The van der Waals surface area contributed by atoms with Crippen LogP contribution in [-0.4, -0.2) is 54.0 Å². The number of rotatable bonds is 4. The van der Waals surface area contributed by atoms with Crippen LogP contribution in [0, 0.1) is 5.92 Å². The number of piperidine rings is 2. The molecule has 2 aliphatic rings. The first-order valence-electron chi connectivity index (χ1n) is 8.30. The quantitative estimate of drug-likeness (QED) is 0.779. The molecule has 2 aliphatic heterocycles. The zero-order valence-corrected chi connectivity index (χ0v) is 13.2. The zero-order chi connectivity index (χ0) is 14.8. The molecule has 0 aromatic heterocycles. The number of alkyl halides is 2. The molecule has 2 fully saturated rings. The minimum atomic E-state index is -2.48. The van der Waals surface area contributed by atoms with Crippen molar-refractivity contribution >= 4 is 0 Å². The molecule has 0 saturated carbocycles. The molecule has 1 unspecified atom stereocenters. The molecule has 20 heavy (non-hydrogen) atoms. The van der Waals surface area contributed by atoms with Gasteiger partial charge in [0.1, 0.15) is 0 Å². The maximum atomic E-state index is 14.2. The van der Waals surface area contributed by atoms with Gasteiger partial charge in [-0.15, -0.1) is 0 Å². The van der Waals surface area contributed by atoms with E-state index in [0.29, 0.717) is 24.9 Å². The zero-order valence-electron chi connectivity index (χ0n) is 13.2. The van der Waals surface area contributed by atoms with E-state index < -0.39 is 5.92 Å². The van der Waals surface area contributed by atoms with E-state index in [1.165, 1.54) is 0 Å². The Labute approximate surface area is 122 Å². The van der Waals surface area contributed by atoms with Gasteiger partial charge in [0, 0.05) is 18.0 Å². The number of likely N-dealkylation sites (tertiary alicyclic amines) is 2. The van der Waals surface area contributed by atoms with Crippen LogP contribution in [0.5, 0.6) is 0 Å². The van der Waals surface area contributed by atoms with Gasteiger partial charge in [-0.05, 0) is 59.2 Å². The highest BCUT2D eigenvalue weighted by Gasteiger charge is 2.45. The highest BCUT2D eigenvalue weighted by molar-refractivity contribution is 4.91. The van der Waals surface area contributed by atoms with E-state index in [9.17, 15) is 8.78 Å². The molecule has 118 valence electrons. The summed E-state index contributed by atoms with van der Waals surface area (Å²) in [4.78, 5) is 4.53. The van der Waals surface area contributed by atoms with Crippen molar-refractivity contribution in [2.75, 3.05) is 26.2 Å². The topological polar surface area (TPSA) is 6.48 Å². The standard InChI is InChI=1S/C16H30F2N2/c1-4-5-14-6-9-20(12-16(14,17)18)15-7-10-19(11-8-15)13(2)3/h13-15H,4-12H2,1-3H3. The molecule has 2 nitrogen and oxygen atoms in total. The maximum absolute atomic E-state index is 14.2. The fraction of sp³-hybridized carbons (Fsp3) is 1.00. The lowest BCUT2D eigenvalue weighted by molar-refractivity contribution is -0.125. The molecule has 2 rings (SSSR count). The predicted octanol–water partition coefficient (Wildman–Crippen LogP) is 3.62. The lowest BCUT2D eigenvalue weighted by Gasteiger charge is -2.45. The summed E-state index contributed by atoms with van der Waals surface area (Å²) in [5.74, 6) is -2.87. The largest absolute Gasteiger partial charge is 0.301 e. The first kappa shape index (κ1) is 16.2. The van der Waals surface area contributed by atoms with Crippen LogP contribution in [0.15, 0.2) is 0 Å². The highest BCUT2D eigenvalue weighted by Crippen LogP contribution is 2.37. The Morgan fingerprint density at radius 2 is 1.75 bits per heavy atom. The lowest BCUT2D eigenvalue weighted by atomic mass is 9.87. The van der Waals surface area contributed by atoms with Crippen molar-refractivity contribution < 1.29 is 8.78 Å². The lowest BCUT2D eigenvalue weighted by Crippen LogP contribution is -2.55. The smallest absolute Gasteiger partial charge is 0.263 e. The van der Waals surface area contributed by atoms with E-state index in [2.05, 4.69) is 23.6 Å². The van der Waals surface area contributed by atoms with Crippen molar-refractivity contribution in [3.05, 3.63) is 0 Å². The van der Waals surface area contributed by atoms with Gasteiger partial charge in [-0.25, -0.2) is 8.78 Å². The van der Waals surface area contributed by atoms with Gasteiger partial charge in [0.2, 0.25) is 0 Å². The predicted molar refractivity (Wildman–Crippen MR) is 79.3 cm³/mol. The molecule has 0 amide bonds. The molecule has 2 saturated heterocycles. The van der Waals surface area contributed by atoms with Crippen LogP contribution in [0.25, 0.3) is 0 Å². The number of hydrogen-bond donors (Lipinski definition) is 0. The summed E-state index contributed by atoms with van der Waals surface area (Å²) in [5.41, 5.74) is 0. The van der Waals surface area contributed by atoms with Gasteiger partial charge >= 0.3 is 0 Å². The van der Waals surface area contributed by atoms with Gasteiger partial charge in [0.15, 0.2) is 0 Å². The van der Waals surface area contributed by atoms with E-state index >= 15 is 0 Å². The third kappa shape index (κ3) is 3.70. The molecule has 0 N–H and O–H groups in total. The Balaban J connectivity index is 1.86. The van der Waals surface area contributed by atoms with Gasteiger partial charge < -0.3 is 4.90 Å². The van der Waals surface area contributed by atoms with Crippen LogP contribution in [0.1, 0.15) is 52.9 Å². The van der Waals surface area contributed by atoms with Gasteiger partial charge in [-0.2, -0.15) is 0 Å². The van der Waals surface area contributed by atoms with Crippen LogP contribution in [0.2, 0.25) is 0 Å². The molecule has 0 radical (unpaired) electrons. The highest BCUT2D eigenvalue weighted by atomic mass is 19.3.